The zero-order valence-electron chi connectivity index (χ0n) is 13.2. The second-order valence-corrected chi connectivity index (χ2v) is 8.56. The van der Waals surface area contributed by atoms with Crippen LogP contribution in [0.3, 0.4) is 0 Å². The lowest BCUT2D eigenvalue weighted by molar-refractivity contribution is -0.385. The number of rotatable bonds is 4. The molecule has 0 bridgehead atoms. The third-order valence-corrected chi connectivity index (χ3v) is 7.20. The minimum atomic E-state index is -3.82. The van der Waals surface area contributed by atoms with Gasteiger partial charge in [0.1, 0.15) is 4.90 Å². The number of non-ortho nitro benzene ring substituents is 1. The van der Waals surface area contributed by atoms with E-state index in [1.54, 1.807) is 0 Å². The van der Waals surface area contributed by atoms with Crippen LogP contribution in [0.25, 0.3) is 0 Å². The van der Waals surface area contributed by atoms with Crippen molar-refractivity contribution < 1.29 is 13.3 Å². The second kappa shape index (κ2) is 6.95. The van der Waals surface area contributed by atoms with Crippen molar-refractivity contribution in [3.05, 3.63) is 33.3 Å². The lowest BCUT2D eigenvalue weighted by atomic mass is 10.1. The van der Waals surface area contributed by atoms with Crippen molar-refractivity contribution in [2.45, 2.75) is 36.6 Å². The van der Waals surface area contributed by atoms with Gasteiger partial charge in [-0.05, 0) is 44.8 Å². The third-order valence-electron chi connectivity index (χ3n) is 4.82. The van der Waals surface area contributed by atoms with Crippen molar-refractivity contribution in [3.63, 3.8) is 0 Å². The molecule has 9 heteroatoms. The largest absolute Gasteiger partial charge is 0.300 e. The summed E-state index contributed by atoms with van der Waals surface area (Å²) >= 11 is 6.00. The average Bonchev–Trinajstić information content (AvgIpc) is 3.09. The summed E-state index contributed by atoms with van der Waals surface area (Å²) in [4.78, 5) is 12.5. The first-order chi connectivity index (χ1) is 11.4. The highest BCUT2D eigenvalue weighted by molar-refractivity contribution is 7.89. The summed E-state index contributed by atoms with van der Waals surface area (Å²) in [6, 6.07) is 3.95. The quantitative estimate of drug-likeness (QED) is 0.598. The van der Waals surface area contributed by atoms with Crippen LogP contribution in [-0.2, 0) is 10.0 Å². The topological polar surface area (TPSA) is 83.8 Å². The highest BCUT2D eigenvalue weighted by atomic mass is 35.5. The van der Waals surface area contributed by atoms with Gasteiger partial charge < -0.3 is 4.90 Å². The van der Waals surface area contributed by atoms with Gasteiger partial charge in [-0.25, -0.2) is 8.42 Å². The van der Waals surface area contributed by atoms with Gasteiger partial charge in [-0.1, -0.05) is 11.6 Å². The molecule has 0 unspecified atom stereocenters. The molecule has 132 valence electrons. The molecule has 2 saturated heterocycles. The summed E-state index contributed by atoms with van der Waals surface area (Å²) < 4.78 is 27.0. The Labute approximate surface area is 146 Å². The summed E-state index contributed by atoms with van der Waals surface area (Å²) in [6.07, 6.45) is 3.99. The van der Waals surface area contributed by atoms with E-state index < -0.39 is 14.9 Å². The molecule has 0 aliphatic carbocycles. The van der Waals surface area contributed by atoms with Crippen molar-refractivity contribution in [2.24, 2.45) is 0 Å². The molecule has 0 aromatic heterocycles. The van der Waals surface area contributed by atoms with E-state index in [-0.39, 0.29) is 15.6 Å². The van der Waals surface area contributed by atoms with E-state index in [9.17, 15) is 18.5 Å². The van der Waals surface area contributed by atoms with Crippen molar-refractivity contribution in [1.82, 2.24) is 9.21 Å². The Morgan fingerprint density at radius 1 is 1.12 bits per heavy atom. The zero-order chi connectivity index (χ0) is 17.3. The van der Waals surface area contributed by atoms with Gasteiger partial charge in [-0.3, -0.25) is 10.1 Å². The summed E-state index contributed by atoms with van der Waals surface area (Å²) in [5, 5.41) is 10.9. The Balaban J connectivity index is 1.77. The van der Waals surface area contributed by atoms with E-state index in [1.165, 1.54) is 29.3 Å². The molecule has 1 aromatic carbocycles. The summed E-state index contributed by atoms with van der Waals surface area (Å²) in [7, 11) is -3.82. The van der Waals surface area contributed by atoms with E-state index in [0.717, 1.165) is 32.0 Å². The Hall–Kier alpha value is -1.22. The maximum atomic E-state index is 12.8. The number of piperidine rings is 1. The number of sulfonamides is 1. The first-order valence-corrected chi connectivity index (χ1v) is 9.89. The van der Waals surface area contributed by atoms with Gasteiger partial charge >= 0.3 is 0 Å². The maximum Gasteiger partial charge on any atom is 0.270 e. The number of hydrogen-bond acceptors (Lipinski definition) is 5. The van der Waals surface area contributed by atoms with Gasteiger partial charge in [0.25, 0.3) is 5.69 Å². The van der Waals surface area contributed by atoms with Gasteiger partial charge in [-0.2, -0.15) is 4.31 Å². The second-order valence-electron chi connectivity index (χ2n) is 6.25. The normalized spacial score (nSPS) is 21.2. The Kier molecular flexibility index (Phi) is 5.10. The van der Waals surface area contributed by atoms with Crippen LogP contribution in [0.15, 0.2) is 23.1 Å². The standard InChI is InChI=1S/C15H20ClN3O4S/c16-14-4-3-13(19(20)21)11-15(14)24(22,23)18-9-5-12(6-10-18)17-7-1-2-8-17/h3-4,11-12H,1-2,5-10H2. The van der Waals surface area contributed by atoms with Crippen molar-refractivity contribution in [1.29, 1.82) is 0 Å². The number of nitro groups is 1. The molecular weight excluding hydrogens is 354 g/mol. The SMILES string of the molecule is O=[N+]([O-])c1ccc(Cl)c(S(=O)(=O)N2CCC(N3CCCC3)CC2)c1. The van der Waals surface area contributed by atoms with Gasteiger partial charge in [0.15, 0.2) is 0 Å². The molecule has 0 N–H and O–H groups in total. The van der Waals surface area contributed by atoms with Crippen LogP contribution in [0.2, 0.25) is 5.02 Å². The van der Waals surface area contributed by atoms with Crippen molar-refractivity contribution in [3.8, 4) is 0 Å². The Morgan fingerprint density at radius 2 is 1.75 bits per heavy atom. The van der Waals surface area contributed by atoms with Crippen LogP contribution in [0.1, 0.15) is 25.7 Å². The predicted molar refractivity (Wildman–Crippen MR) is 90.7 cm³/mol. The number of nitrogens with zero attached hydrogens (tertiary/aromatic N) is 3. The fourth-order valence-corrected chi connectivity index (χ4v) is 5.46. The van der Waals surface area contributed by atoms with Crippen LogP contribution in [0, 0.1) is 10.1 Å². The number of hydrogen-bond donors (Lipinski definition) is 0. The monoisotopic (exact) mass is 373 g/mol. The molecule has 2 aliphatic heterocycles. The molecule has 2 aliphatic rings. The van der Waals surface area contributed by atoms with E-state index >= 15 is 0 Å². The van der Waals surface area contributed by atoms with Crippen LogP contribution in [0.4, 0.5) is 5.69 Å². The van der Waals surface area contributed by atoms with Crippen LogP contribution in [0.5, 0.6) is 0 Å². The summed E-state index contributed by atoms with van der Waals surface area (Å²) in [5.74, 6) is 0. The molecule has 7 nitrogen and oxygen atoms in total. The molecule has 0 saturated carbocycles. The zero-order valence-corrected chi connectivity index (χ0v) is 14.8. The van der Waals surface area contributed by atoms with Gasteiger partial charge in [0.05, 0.1) is 9.95 Å². The molecule has 0 atom stereocenters. The van der Waals surface area contributed by atoms with Gasteiger partial charge in [-0.15, -0.1) is 0 Å². The average molecular weight is 374 g/mol. The molecule has 0 radical (unpaired) electrons. The molecule has 0 amide bonds. The Morgan fingerprint density at radius 3 is 2.33 bits per heavy atom. The molecule has 0 spiro atoms. The fourth-order valence-electron chi connectivity index (χ4n) is 3.50. The van der Waals surface area contributed by atoms with Crippen LogP contribution < -0.4 is 0 Å². The molecule has 2 heterocycles. The molecule has 1 aromatic rings. The number of nitro benzene ring substituents is 1. The van der Waals surface area contributed by atoms with Crippen LogP contribution in [-0.4, -0.2) is 54.8 Å². The summed E-state index contributed by atoms with van der Waals surface area (Å²) in [5.41, 5.74) is -0.273. The number of likely N-dealkylation sites (tertiary alicyclic amines) is 1. The lowest BCUT2D eigenvalue weighted by Crippen LogP contribution is -2.45. The van der Waals surface area contributed by atoms with Gasteiger partial charge in [0, 0.05) is 31.3 Å². The minimum absolute atomic E-state index is 0.0160. The summed E-state index contributed by atoms with van der Waals surface area (Å²) in [6.45, 7) is 3.02. The Bertz CT molecular complexity index is 726. The number of benzene rings is 1. The van der Waals surface area contributed by atoms with E-state index in [0.29, 0.717) is 19.1 Å². The van der Waals surface area contributed by atoms with Gasteiger partial charge in [0.2, 0.25) is 10.0 Å². The first-order valence-electron chi connectivity index (χ1n) is 8.08. The highest BCUT2D eigenvalue weighted by Gasteiger charge is 2.34. The minimum Gasteiger partial charge on any atom is -0.300 e. The number of halogens is 1. The molecule has 24 heavy (non-hydrogen) atoms. The van der Waals surface area contributed by atoms with Crippen LogP contribution >= 0.6 is 11.6 Å². The predicted octanol–water partition coefficient (Wildman–Crippen LogP) is 2.50. The van der Waals surface area contributed by atoms with E-state index in [1.807, 2.05) is 0 Å². The van der Waals surface area contributed by atoms with Crippen molar-refractivity contribution >= 4 is 27.3 Å². The molecule has 2 fully saturated rings. The third kappa shape index (κ3) is 3.42. The molecule has 3 rings (SSSR count). The van der Waals surface area contributed by atoms with Crippen molar-refractivity contribution in [2.75, 3.05) is 26.2 Å². The van der Waals surface area contributed by atoms with E-state index in [2.05, 4.69) is 4.90 Å². The maximum absolute atomic E-state index is 12.8. The first kappa shape index (κ1) is 17.6. The highest BCUT2D eigenvalue weighted by Crippen LogP contribution is 2.31. The smallest absolute Gasteiger partial charge is 0.270 e. The fraction of sp³-hybridized carbons (Fsp3) is 0.600. The lowest BCUT2D eigenvalue weighted by Gasteiger charge is -2.36. The molecular formula is C15H20ClN3O4S. The van der Waals surface area contributed by atoms with E-state index in [4.69, 9.17) is 11.6 Å².